The van der Waals surface area contributed by atoms with Crippen LogP contribution in [0.4, 0.5) is 15.8 Å². The van der Waals surface area contributed by atoms with Gasteiger partial charge in [-0.05, 0) is 40.2 Å². The van der Waals surface area contributed by atoms with Crippen molar-refractivity contribution < 1.29 is 14.1 Å². The molecule has 0 saturated heterocycles. The zero-order valence-corrected chi connectivity index (χ0v) is 12.5. The third-order valence-electron chi connectivity index (χ3n) is 2.89. The first-order valence-electron chi connectivity index (χ1n) is 5.87. The number of hydrogen-bond acceptors (Lipinski definition) is 3. The topological polar surface area (TPSA) is 63.5 Å². The van der Waals surface area contributed by atoms with E-state index in [4.69, 9.17) is 0 Å². The number of halogens is 2. The number of carbonyl (C=O) groups excluding carboxylic acids is 1. The summed E-state index contributed by atoms with van der Waals surface area (Å²) in [6.07, 6.45) is 0. The molecule has 2 aromatic rings. The normalized spacial score (nSPS) is 10.2. The minimum absolute atomic E-state index is 0.135. The summed E-state index contributed by atoms with van der Waals surface area (Å²) in [6.45, 7) is 0. The predicted octanol–water partition coefficient (Wildman–Crippen LogP) is 3.77. The van der Waals surface area contributed by atoms with Gasteiger partial charge in [0.25, 0.3) is 11.6 Å². The maximum Gasteiger partial charge on any atom is 0.270 e. The Morgan fingerprint density at radius 1 is 1.29 bits per heavy atom. The molecular weight excluding hydrogens is 343 g/mol. The Labute approximate surface area is 128 Å². The Bertz CT molecular complexity index is 721. The van der Waals surface area contributed by atoms with Crippen molar-refractivity contribution in [2.75, 3.05) is 11.9 Å². The van der Waals surface area contributed by atoms with Gasteiger partial charge < -0.3 is 4.90 Å². The molecule has 108 valence electrons. The Morgan fingerprint density at radius 2 is 2.00 bits per heavy atom. The molecule has 0 spiro atoms. The molecule has 7 heteroatoms. The largest absolute Gasteiger partial charge is 0.311 e. The van der Waals surface area contributed by atoms with Crippen molar-refractivity contribution in [3.8, 4) is 0 Å². The van der Waals surface area contributed by atoms with Gasteiger partial charge in [0.2, 0.25) is 0 Å². The molecule has 0 N–H and O–H groups in total. The summed E-state index contributed by atoms with van der Waals surface area (Å²) in [5, 5.41) is 10.8. The van der Waals surface area contributed by atoms with Crippen molar-refractivity contribution in [3.63, 3.8) is 0 Å². The van der Waals surface area contributed by atoms with Gasteiger partial charge in [-0.2, -0.15) is 0 Å². The molecule has 21 heavy (non-hydrogen) atoms. The lowest BCUT2D eigenvalue weighted by molar-refractivity contribution is -0.384. The van der Waals surface area contributed by atoms with Gasteiger partial charge in [0, 0.05) is 29.3 Å². The number of nitro groups is 1. The molecule has 0 aliphatic carbocycles. The Morgan fingerprint density at radius 3 is 2.62 bits per heavy atom. The molecule has 2 aromatic carbocycles. The molecule has 0 aliphatic rings. The third-order valence-corrected chi connectivity index (χ3v) is 3.58. The van der Waals surface area contributed by atoms with Gasteiger partial charge >= 0.3 is 0 Å². The molecule has 0 fully saturated rings. The summed E-state index contributed by atoms with van der Waals surface area (Å²) in [5.74, 6) is -0.943. The minimum atomic E-state index is -0.578. The van der Waals surface area contributed by atoms with Crippen molar-refractivity contribution in [2.45, 2.75) is 0 Å². The standard InChI is InChI=1S/C14H10BrFN2O3/c1-17(10-4-2-3-9(16)7-10)14(19)12-8-11(18(20)21)5-6-13(12)15/h2-8H,1H3. The van der Waals surface area contributed by atoms with E-state index >= 15 is 0 Å². The number of non-ortho nitro benzene ring substituents is 1. The highest BCUT2D eigenvalue weighted by Gasteiger charge is 2.20. The quantitative estimate of drug-likeness (QED) is 0.623. The lowest BCUT2D eigenvalue weighted by atomic mass is 10.1. The van der Waals surface area contributed by atoms with E-state index in [2.05, 4.69) is 15.9 Å². The maximum absolute atomic E-state index is 13.2. The van der Waals surface area contributed by atoms with Crippen molar-refractivity contribution in [1.29, 1.82) is 0 Å². The summed E-state index contributed by atoms with van der Waals surface area (Å²) >= 11 is 3.19. The zero-order valence-electron chi connectivity index (χ0n) is 10.9. The Hall–Kier alpha value is -2.28. The van der Waals surface area contributed by atoms with Gasteiger partial charge in [0.15, 0.2) is 0 Å². The number of nitrogens with zero attached hydrogens (tertiary/aromatic N) is 2. The second kappa shape index (κ2) is 6.01. The maximum atomic E-state index is 13.2. The van der Waals surface area contributed by atoms with Gasteiger partial charge in [-0.3, -0.25) is 14.9 Å². The van der Waals surface area contributed by atoms with Crippen LogP contribution in [0.25, 0.3) is 0 Å². The van der Waals surface area contributed by atoms with E-state index in [-0.39, 0.29) is 11.3 Å². The second-order valence-electron chi connectivity index (χ2n) is 4.27. The van der Waals surface area contributed by atoms with E-state index in [1.54, 1.807) is 6.07 Å². The molecule has 5 nitrogen and oxygen atoms in total. The van der Waals surface area contributed by atoms with Crippen LogP contribution in [0.5, 0.6) is 0 Å². The van der Waals surface area contributed by atoms with Crippen LogP contribution in [0.15, 0.2) is 46.9 Å². The number of hydrogen-bond donors (Lipinski definition) is 0. The van der Waals surface area contributed by atoms with Crippen molar-refractivity contribution in [3.05, 3.63) is 68.4 Å². The van der Waals surface area contributed by atoms with Gasteiger partial charge in [-0.25, -0.2) is 4.39 Å². The number of amides is 1. The molecule has 0 unspecified atom stereocenters. The van der Waals surface area contributed by atoms with Crippen LogP contribution in [-0.2, 0) is 0 Å². The first-order chi connectivity index (χ1) is 9.90. The number of rotatable bonds is 3. The van der Waals surface area contributed by atoms with Crippen molar-refractivity contribution >= 4 is 33.2 Å². The summed E-state index contributed by atoms with van der Waals surface area (Å²) < 4.78 is 13.6. The van der Waals surface area contributed by atoms with E-state index in [1.807, 2.05) is 0 Å². The molecule has 0 bridgehead atoms. The minimum Gasteiger partial charge on any atom is -0.311 e. The lowest BCUT2D eigenvalue weighted by Crippen LogP contribution is -2.26. The van der Waals surface area contributed by atoms with Crippen molar-refractivity contribution in [2.24, 2.45) is 0 Å². The summed E-state index contributed by atoms with van der Waals surface area (Å²) in [4.78, 5) is 23.8. The fraction of sp³-hybridized carbons (Fsp3) is 0.0714. The van der Waals surface area contributed by atoms with Crippen LogP contribution in [0.2, 0.25) is 0 Å². The first-order valence-corrected chi connectivity index (χ1v) is 6.67. The fourth-order valence-electron chi connectivity index (χ4n) is 1.77. The van der Waals surface area contributed by atoms with E-state index in [9.17, 15) is 19.3 Å². The smallest absolute Gasteiger partial charge is 0.270 e. The predicted molar refractivity (Wildman–Crippen MR) is 79.9 cm³/mol. The van der Waals surface area contributed by atoms with Gasteiger partial charge in [0.1, 0.15) is 5.82 Å². The number of nitro benzene ring substituents is 1. The van der Waals surface area contributed by atoms with E-state index < -0.39 is 16.6 Å². The highest BCUT2D eigenvalue weighted by Crippen LogP contribution is 2.25. The monoisotopic (exact) mass is 352 g/mol. The van der Waals surface area contributed by atoms with Gasteiger partial charge in [0.05, 0.1) is 10.5 Å². The lowest BCUT2D eigenvalue weighted by Gasteiger charge is -2.18. The van der Waals surface area contributed by atoms with Crippen LogP contribution >= 0.6 is 15.9 Å². The van der Waals surface area contributed by atoms with Gasteiger partial charge in [-0.15, -0.1) is 0 Å². The second-order valence-corrected chi connectivity index (χ2v) is 5.12. The van der Waals surface area contributed by atoms with Crippen LogP contribution in [0, 0.1) is 15.9 Å². The van der Waals surface area contributed by atoms with Crippen LogP contribution < -0.4 is 4.90 Å². The number of carbonyl (C=O) groups is 1. The van der Waals surface area contributed by atoms with Crippen LogP contribution in [-0.4, -0.2) is 17.9 Å². The van der Waals surface area contributed by atoms with E-state index in [1.165, 1.54) is 48.3 Å². The van der Waals surface area contributed by atoms with Crippen molar-refractivity contribution in [1.82, 2.24) is 0 Å². The Balaban J connectivity index is 2.39. The molecule has 0 saturated carbocycles. The number of benzene rings is 2. The summed E-state index contributed by atoms with van der Waals surface area (Å²) in [7, 11) is 1.47. The SMILES string of the molecule is CN(C(=O)c1cc([N+](=O)[O-])ccc1Br)c1cccc(F)c1. The Kier molecular flexibility index (Phi) is 4.32. The highest BCUT2D eigenvalue weighted by molar-refractivity contribution is 9.10. The third kappa shape index (κ3) is 3.25. The summed E-state index contributed by atoms with van der Waals surface area (Å²) in [5.41, 5.74) is 0.309. The summed E-state index contributed by atoms with van der Waals surface area (Å²) in [6, 6.07) is 9.45. The molecule has 0 atom stereocenters. The average Bonchev–Trinajstić information content (AvgIpc) is 2.46. The molecule has 0 heterocycles. The van der Waals surface area contributed by atoms with Crippen LogP contribution in [0.1, 0.15) is 10.4 Å². The molecule has 0 aromatic heterocycles. The van der Waals surface area contributed by atoms with Crippen LogP contribution in [0.3, 0.4) is 0 Å². The fourth-order valence-corrected chi connectivity index (χ4v) is 2.19. The van der Waals surface area contributed by atoms with E-state index in [0.717, 1.165) is 0 Å². The average molecular weight is 353 g/mol. The molecule has 1 amide bonds. The zero-order chi connectivity index (χ0) is 15.6. The molecular formula is C14H10BrFN2O3. The molecule has 0 aliphatic heterocycles. The number of anilines is 1. The first kappa shape index (κ1) is 15.1. The van der Waals surface area contributed by atoms with E-state index in [0.29, 0.717) is 10.2 Å². The highest BCUT2D eigenvalue weighted by atomic mass is 79.9. The molecule has 2 rings (SSSR count). The van der Waals surface area contributed by atoms with Gasteiger partial charge in [-0.1, -0.05) is 6.07 Å². The molecule has 0 radical (unpaired) electrons.